The van der Waals surface area contributed by atoms with Gasteiger partial charge in [0.1, 0.15) is 0 Å². The predicted octanol–water partition coefficient (Wildman–Crippen LogP) is 3.25. The molecule has 1 saturated heterocycles. The zero-order chi connectivity index (χ0) is 12.9. The van der Waals surface area contributed by atoms with Gasteiger partial charge >= 0.3 is 6.07 Å². The lowest BCUT2D eigenvalue weighted by Gasteiger charge is -2.45. The second-order valence-corrected chi connectivity index (χ2v) is 4.70. The Morgan fingerprint density at radius 3 is 2.47 bits per heavy atom. The van der Waals surface area contributed by atoms with Crippen molar-refractivity contribution in [3.8, 4) is 6.07 Å². The van der Waals surface area contributed by atoms with E-state index in [-0.39, 0.29) is 0 Å². The maximum absolute atomic E-state index is 10.3. The van der Waals surface area contributed by atoms with Crippen molar-refractivity contribution in [3.05, 3.63) is 35.5 Å². The molecule has 0 saturated carbocycles. The van der Waals surface area contributed by atoms with Gasteiger partial charge in [-0.15, -0.1) is 13.2 Å². The minimum atomic E-state index is -0.771. The molecule has 17 heavy (non-hydrogen) atoms. The summed E-state index contributed by atoms with van der Waals surface area (Å²) in [5.41, 5.74) is -0.437. The molecule has 1 fully saturated rings. The average Bonchev–Trinajstić information content (AvgIpc) is 2.15. The van der Waals surface area contributed by atoms with Crippen molar-refractivity contribution in [1.29, 1.82) is 0 Å². The monoisotopic (exact) mass is 237 g/mol. The van der Waals surface area contributed by atoms with E-state index in [0.29, 0.717) is 19.3 Å². The van der Waals surface area contributed by atoms with E-state index >= 15 is 0 Å². The third-order valence-electron chi connectivity index (χ3n) is 2.68. The van der Waals surface area contributed by atoms with E-state index in [1.54, 1.807) is 12.2 Å². The Hall–Kier alpha value is -1.31. The summed E-state index contributed by atoms with van der Waals surface area (Å²) in [6.45, 7) is 11.1. The Morgan fingerprint density at radius 2 is 2.00 bits per heavy atom. The fourth-order valence-electron chi connectivity index (χ4n) is 2.30. The molecular formula is C13H19NO3. The molecule has 1 atom stereocenters. The summed E-state index contributed by atoms with van der Waals surface area (Å²) < 4.78 is 11.5. The van der Waals surface area contributed by atoms with E-state index in [1.807, 2.05) is 13.8 Å². The van der Waals surface area contributed by atoms with Gasteiger partial charge in [-0.2, -0.15) is 0 Å². The molecule has 0 amide bonds. The van der Waals surface area contributed by atoms with Crippen LogP contribution in [0.4, 0.5) is 0 Å². The van der Waals surface area contributed by atoms with Gasteiger partial charge in [-0.05, 0) is 26.7 Å². The maximum atomic E-state index is 10.3. The number of ether oxygens (including phenoxy) is 2. The highest BCUT2D eigenvalue weighted by Gasteiger charge is 2.45. The highest BCUT2D eigenvalue weighted by molar-refractivity contribution is 5.06. The summed E-state index contributed by atoms with van der Waals surface area (Å²) in [7, 11) is 0. The van der Waals surface area contributed by atoms with Crippen LogP contribution in [0.3, 0.4) is 0 Å². The molecule has 1 aliphatic heterocycles. The van der Waals surface area contributed by atoms with E-state index in [4.69, 9.17) is 9.47 Å². The minimum absolute atomic E-state index is 0.437. The van der Waals surface area contributed by atoms with Crippen molar-refractivity contribution < 1.29 is 9.47 Å². The van der Waals surface area contributed by atoms with Crippen molar-refractivity contribution in [1.82, 2.24) is 0 Å². The summed E-state index contributed by atoms with van der Waals surface area (Å²) >= 11 is 0. The Bertz CT molecular complexity index is 341. The summed E-state index contributed by atoms with van der Waals surface area (Å²) in [6.07, 6.45) is 5.02. The van der Waals surface area contributed by atoms with E-state index in [2.05, 4.69) is 24.2 Å². The van der Waals surface area contributed by atoms with Crippen LogP contribution in [0.2, 0.25) is 0 Å². The predicted molar refractivity (Wildman–Crippen MR) is 67.6 cm³/mol. The molecule has 0 N–H and O–H groups in total. The molecule has 0 radical (unpaired) electrons. The van der Waals surface area contributed by atoms with Crippen LogP contribution in [-0.2, 0) is 9.47 Å². The van der Waals surface area contributed by atoms with Crippen molar-refractivity contribution >= 4 is 0 Å². The van der Waals surface area contributed by atoms with Crippen LogP contribution < -0.4 is 0 Å². The van der Waals surface area contributed by atoms with Crippen molar-refractivity contribution in [2.24, 2.45) is 0 Å². The second kappa shape index (κ2) is 5.35. The van der Waals surface area contributed by atoms with E-state index < -0.39 is 17.5 Å². The van der Waals surface area contributed by atoms with Gasteiger partial charge in [0, 0.05) is 11.4 Å². The molecule has 0 spiro atoms. The molecule has 94 valence electrons. The van der Waals surface area contributed by atoms with Gasteiger partial charge in [-0.3, -0.25) is 0 Å². The molecule has 0 aromatic heterocycles. The third-order valence-corrected chi connectivity index (χ3v) is 2.68. The first-order valence-corrected chi connectivity index (χ1v) is 5.64. The average molecular weight is 237 g/mol. The highest BCUT2D eigenvalue weighted by atomic mass is 16.7. The van der Waals surface area contributed by atoms with Crippen LogP contribution in [0, 0.1) is 11.3 Å². The standard InChI is InChI=1S/C13H19NO3/c1-5-7-13(8-6-2)9-11(10-14-15)16-12(3,4)17-13/h5-6,11H,1-2,7-9H2,3-4H3/t11-/m0/s1. The number of nitrogens with zero attached hydrogens (tertiary/aromatic N) is 1. The number of hydrogen-bond donors (Lipinski definition) is 0. The first-order valence-electron chi connectivity index (χ1n) is 5.64. The number of rotatable bonds is 4. The van der Waals surface area contributed by atoms with Crippen LogP contribution in [0.25, 0.3) is 5.01 Å². The van der Waals surface area contributed by atoms with E-state index in [1.165, 1.54) is 0 Å². The van der Waals surface area contributed by atoms with Crippen LogP contribution in [0.15, 0.2) is 25.3 Å². The molecule has 4 heteroatoms. The van der Waals surface area contributed by atoms with Gasteiger partial charge in [0.2, 0.25) is 0 Å². The molecule has 0 aliphatic carbocycles. The summed E-state index contributed by atoms with van der Waals surface area (Å²) in [5, 5.41) is 13.0. The highest BCUT2D eigenvalue weighted by Crippen LogP contribution is 2.39. The zero-order valence-corrected chi connectivity index (χ0v) is 10.4. The molecule has 1 rings (SSSR count). The summed E-state index contributed by atoms with van der Waals surface area (Å²) in [4.78, 5) is 0. The Morgan fingerprint density at radius 1 is 1.41 bits per heavy atom. The molecular weight excluding hydrogens is 218 g/mol. The van der Waals surface area contributed by atoms with Gasteiger partial charge in [0.05, 0.1) is 5.60 Å². The Balaban J connectivity index is 2.97. The SMILES string of the molecule is C=CCC1(CC=C)C[C@@H](C#[N+][O-])OC(C)(C)O1. The van der Waals surface area contributed by atoms with Gasteiger partial charge in [0.15, 0.2) is 11.9 Å². The molecule has 0 bridgehead atoms. The molecule has 0 aromatic carbocycles. The second-order valence-electron chi connectivity index (χ2n) is 4.70. The summed E-state index contributed by atoms with van der Waals surface area (Å²) in [6, 6.07) is 2.41. The van der Waals surface area contributed by atoms with Crippen molar-refractivity contribution in [2.75, 3.05) is 0 Å². The Labute approximate surface area is 102 Å². The van der Waals surface area contributed by atoms with Crippen LogP contribution in [-0.4, -0.2) is 17.5 Å². The lowest BCUT2D eigenvalue weighted by Crippen LogP contribution is -2.51. The van der Waals surface area contributed by atoms with Gasteiger partial charge in [-0.1, -0.05) is 12.2 Å². The molecule has 0 aromatic rings. The lowest BCUT2D eigenvalue weighted by molar-refractivity contribution is -0.322. The molecule has 0 unspecified atom stereocenters. The lowest BCUT2D eigenvalue weighted by atomic mass is 9.87. The van der Waals surface area contributed by atoms with E-state index in [9.17, 15) is 5.21 Å². The zero-order valence-electron chi connectivity index (χ0n) is 10.4. The largest absolute Gasteiger partial charge is 0.498 e. The van der Waals surface area contributed by atoms with Gasteiger partial charge in [-0.25, -0.2) is 0 Å². The number of hydrogen-bond acceptors (Lipinski definition) is 3. The van der Waals surface area contributed by atoms with Crippen LogP contribution in [0.5, 0.6) is 0 Å². The summed E-state index contributed by atoms with van der Waals surface area (Å²) in [5.74, 6) is -0.771. The van der Waals surface area contributed by atoms with Gasteiger partial charge in [0.25, 0.3) is 0 Å². The third kappa shape index (κ3) is 3.58. The Kier molecular flexibility index (Phi) is 4.33. The maximum Gasteiger partial charge on any atom is 0.330 e. The molecule has 1 aliphatic rings. The van der Waals surface area contributed by atoms with E-state index in [0.717, 1.165) is 0 Å². The fraction of sp³-hybridized carbons (Fsp3) is 0.615. The topological polar surface area (TPSA) is 45.9 Å². The molecule has 1 heterocycles. The molecule has 4 nitrogen and oxygen atoms in total. The fourth-order valence-corrected chi connectivity index (χ4v) is 2.30. The van der Waals surface area contributed by atoms with Gasteiger partial charge < -0.3 is 14.7 Å². The first kappa shape index (κ1) is 13.8. The smallest absolute Gasteiger partial charge is 0.330 e. The quantitative estimate of drug-likeness (QED) is 0.557. The first-order chi connectivity index (χ1) is 7.97. The van der Waals surface area contributed by atoms with Crippen LogP contribution in [0.1, 0.15) is 33.1 Å². The normalized spacial score (nSPS) is 25.4. The minimum Gasteiger partial charge on any atom is -0.498 e. The van der Waals surface area contributed by atoms with Crippen molar-refractivity contribution in [2.45, 2.75) is 50.6 Å². The van der Waals surface area contributed by atoms with Crippen LogP contribution >= 0.6 is 0 Å². The van der Waals surface area contributed by atoms with Crippen molar-refractivity contribution in [3.63, 3.8) is 0 Å².